The summed E-state index contributed by atoms with van der Waals surface area (Å²) in [5.74, 6) is 0.196. The van der Waals surface area contributed by atoms with Crippen molar-refractivity contribution < 1.29 is 22.7 Å². The summed E-state index contributed by atoms with van der Waals surface area (Å²) in [5.41, 5.74) is 0.917. The molecular formula is C20H25ClN2O5S. The van der Waals surface area contributed by atoms with E-state index in [-0.39, 0.29) is 28.1 Å². The van der Waals surface area contributed by atoms with Gasteiger partial charge in [0.2, 0.25) is 10.0 Å². The molecule has 0 atom stereocenters. The number of rotatable bonds is 10. The van der Waals surface area contributed by atoms with Gasteiger partial charge in [0, 0.05) is 19.7 Å². The summed E-state index contributed by atoms with van der Waals surface area (Å²) in [6.45, 7) is 4.57. The summed E-state index contributed by atoms with van der Waals surface area (Å²) in [4.78, 5) is 12.6. The van der Waals surface area contributed by atoms with Crippen LogP contribution >= 0.6 is 11.6 Å². The van der Waals surface area contributed by atoms with Crippen LogP contribution in [-0.2, 0) is 21.3 Å². The third-order valence-electron chi connectivity index (χ3n) is 3.79. The predicted octanol–water partition coefficient (Wildman–Crippen LogP) is 2.98. The van der Waals surface area contributed by atoms with E-state index < -0.39 is 15.9 Å². The van der Waals surface area contributed by atoms with Gasteiger partial charge in [-0.1, -0.05) is 23.7 Å². The average molecular weight is 441 g/mol. The molecule has 9 heteroatoms. The quantitative estimate of drug-likeness (QED) is 0.554. The number of amides is 1. The lowest BCUT2D eigenvalue weighted by Crippen LogP contribution is -2.30. The third-order valence-corrected chi connectivity index (χ3v) is 5.78. The molecule has 1 amide bonds. The molecule has 0 heterocycles. The number of benzene rings is 2. The summed E-state index contributed by atoms with van der Waals surface area (Å²) < 4.78 is 37.7. The second kappa shape index (κ2) is 10.6. The van der Waals surface area contributed by atoms with Crippen molar-refractivity contribution in [3.63, 3.8) is 0 Å². The maximum atomic E-state index is 12.6. The Morgan fingerprint density at radius 2 is 1.90 bits per heavy atom. The van der Waals surface area contributed by atoms with Gasteiger partial charge in [-0.2, -0.15) is 0 Å². The Labute approximate surface area is 176 Å². The van der Waals surface area contributed by atoms with Crippen LogP contribution in [0.2, 0.25) is 5.02 Å². The van der Waals surface area contributed by atoms with Crippen molar-refractivity contribution in [1.82, 2.24) is 10.0 Å². The molecule has 0 aromatic heterocycles. The van der Waals surface area contributed by atoms with Gasteiger partial charge >= 0.3 is 0 Å². The molecule has 0 aliphatic heterocycles. The van der Waals surface area contributed by atoms with Gasteiger partial charge in [0.05, 0.1) is 22.1 Å². The number of hydrogen-bond acceptors (Lipinski definition) is 5. The maximum Gasteiger partial charge on any atom is 0.253 e. The minimum atomic E-state index is -3.73. The first kappa shape index (κ1) is 23.2. The smallest absolute Gasteiger partial charge is 0.253 e. The van der Waals surface area contributed by atoms with Crippen LogP contribution in [0.4, 0.5) is 0 Å². The molecule has 0 unspecified atom stereocenters. The lowest BCUT2D eigenvalue weighted by Gasteiger charge is -2.12. The number of nitrogens with one attached hydrogen (secondary N) is 2. The monoisotopic (exact) mass is 440 g/mol. The van der Waals surface area contributed by atoms with Crippen molar-refractivity contribution in [2.45, 2.75) is 31.3 Å². The van der Waals surface area contributed by atoms with E-state index in [0.717, 1.165) is 5.56 Å². The number of methoxy groups -OCH3 is 1. The lowest BCUT2D eigenvalue weighted by atomic mass is 10.2. The number of sulfonamides is 1. The van der Waals surface area contributed by atoms with Gasteiger partial charge in [-0.3, -0.25) is 4.79 Å². The van der Waals surface area contributed by atoms with E-state index in [0.29, 0.717) is 19.0 Å². The van der Waals surface area contributed by atoms with Crippen molar-refractivity contribution in [3.05, 3.63) is 58.6 Å². The molecule has 0 aliphatic carbocycles. The standard InChI is InChI=1S/C20H25ClN2O5S/c1-14(2)23-29(25,26)17-7-8-19(21)18(12-17)20(24)22-13-15-5-4-6-16(11-15)28-10-9-27-3/h4-8,11-12,14,23H,9-10,13H2,1-3H3,(H,22,24). The van der Waals surface area contributed by atoms with E-state index in [1.165, 1.54) is 18.2 Å². The Balaban J connectivity index is 2.09. The van der Waals surface area contributed by atoms with E-state index in [1.807, 2.05) is 24.3 Å². The van der Waals surface area contributed by atoms with Crippen LogP contribution in [0.25, 0.3) is 0 Å². The lowest BCUT2D eigenvalue weighted by molar-refractivity contribution is 0.0950. The van der Waals surface area contributed by atoms with Gasteiger partial charge in [-0.05, 0) is 49.7 Å². The Hall–Kier alpha value is -2.13. The third kappa shape index (κ3) is 7.01. The Morgan fingerprint density at radius 1 is 1.14 bits per heavy atom. The molecule has 0 radical (unpaired) electrons. The van der Waals surface area contributed by atoms with Crippen LogP contribution in [-0.4, -0.2) is 40.7 Å². The molecule has 0 bridgehead atoms. The molecule has 2 rings (SSSR count). The highest BCUT2D eigenvalue weighted by molar-refractivity contribution is 7.89. The van der Waals surface area contributed by atoms with Gasteiger partial charge in [0.25, 0.3) is 5.91 Å². The van der Waals surface area contributed by atoms with E-state index in [9.17, 15) is 13.2 Å². The fourth-order valence-electron chi connectivity index (χ4n) is 2.49. The van der Waals surface area contributed by atoms with E-state index in [1.54, 1.807) is 21.0 Å². The maximum absolute atomic E-state index is 12.6. The van der Waals surface area contributed by atoms with Crippen LogP contribution in [0.15, 0.2) is 47.4 Å². The Bertz CT molecular complexity index is 948. The van der Waals surface area contributed by atoms with Crippen molar-refractivity contribution >= 4 is 27.5 Å². The first-order valence-corrected chi connectivity index (χ1v) is 10.9. The zero-order valence-corrected chi connectivity index (χ0v) is 18.1. The number of carbonyl (C=O) groups is 1. The SMILES string of the molecule is COCCOc1cccc(CNC(=O)c2cc(S(=O)(=O)NC(C)C)ccc2Cl)c1. The van der Waals surface area contributed by atoms with Crippen molar-refractivity contribution in [2.75, 3.05) is 20.3 Å². The first-order valence-electron chi connectivity index (χ1n) is 9.03. The van der Waals surface area contributed by atoms with Crippen LogP contribution < -0.4 is 14.8 Å². The fourth-order valence-corrected chi connectivity index (χ4v) is 3.97. The minimum absolute atomic E-state index is 0.0192. The second-order valence-electron chi connectivity index (χ2n) is 6.59. The normalized spacial score (nSPS) is 11.5. The minimum Gasteiger partial charge on any atom is -0.491 e. The van der Waals surface area contributed by atoms with Gasteiger partial charge in [-0.25, -0.2) is 13.1 Å². The van der Waals surface area contributed by atoms with Crippen molar-refractivity contribution in [3.8, 4) is 5.75 Å². The Morgan fingerprint density at radius 3 is 2.59 bits per heavy atom. The van der Waals surface area contributed by atoms with Gasteiger partial charge < -0.3 is 14.8 Å². The van der Waals surface area contributed by atoms with E-state index >= 15 is 0 Å². The predicted molar refractivity (Wildman–Crippen MR) is 112 cm³/mol. The largest absolute Gasteiger partial charge is 0.491 e. The highest BCUT2D eigenvalue weighted by Crippen LogP contribution is 2.21. The van der Waals surface area contributed by atoms with Gasteiger partial charge in [-0.15, -0.1) is 0 Å². The van der Waals surface area contributed by atoms with Crippen molar-refractivity contribution in [2.24, 2.45) is 0 Å². The number of halogens is 1. The number of carbonyl (C=O) groups excluding carboxylic acids is 1. The Kier molecular flexibility index (Phi) is 8.45. The molecule has 7 nitrogen and oxygen atoms in total. The summed E-state index contributed by atoms with van der Waals surface area (Å²) in [5, 5.41) is 2.92. The molecule has 2 aromatic rings. The van der Waals surface area contributed by atoms with E-state index in [4.69, 9.17) is 21.1 Å². The molecule has 2 aromatic carbocycles. The highest BCUT2D eigenvalue weighted by atomic mass is 35.5. The summed E-state index contributed by atoms with van der Waals surface area (Å²) in [7, 11) is -2.13. The topological polar surface area (TPSA) is 93.7 Å². The number of hydrogen-bond donors (Lipinski definition) is 2. The number of ether oxygens (including phenoxy) is 2. The van der Waals surface area contributed by atoms with Gasteiger partial charge in [0.15, 0.2) is 0 Å². The molecule has 158 valence electrons. The van der Waals surface area contributed by atoms with Crippen molar-refractivity contribution in [1.29, 1.82) is 0 Å². The van der Waals surface area contributed by atoms with Gasteiger partial charge in [0.1, 0.15) is 12.4 Å². The zero-order chi connectivity index (χ0) is 21.4. The highest BCUT2D eigenvalue weighted by Gasteiger charge is 2.19. The average Bonchev–Trinajstić information content (AvgIpc) is 2.66. The molecule has 0 aliphatic rings. The van der Waals surface area contributed by atoms with Crippen LogP contribution in [0.3, 0.4) is 0 Å². The summed E-state index contributed by atoms with van der Waals surface area (Å²) in [6.07, 6.45) is 0. The molecule has 0 saturated heterocycles. The summed E-state index contributed by atoms with van der Waals surface area (Å²) >= 11 is 6.12. The first-order chi connectivity index (χ1) is 13.7. The second-order valence-corrected chi connectivity index (χ2v) is 8.71. The zero-order valence-electron chi connectivity index (χ0n) is 16.6. The molecule has 0 fully saturated rings. The van der Waals surface area contributed by atoms with Crippen LogP contribution in [0, 0.1) is 0 Å². The summed E-state index contributed by atoms with van der Waals surface area (Å²) in [6, 6.07) is 11.1. The molecule has 0 saturated carbocycles. The molecule has 29 heavy (non-hydrogen) atoms. The molecular weight excluding hydrogens is 416 g/mol. The van der Waals surface area contributed by atoms with Crippen LogP contribution in [0.1, 0.15) is 29.8 Å². The molecule has 2 N–H and O–H groups in total. The van der Waals surface area contributed by atoms with Crippen LogP contribution in [0.5, 0.6) is 5.75 Å². The van der Waals surface area contributed by atoms with E-state index in [2.05, 4.69) is 10.0 Å². The molecule has 0 spiro atoms. The fraction of sp³-hybridized carbons (Fsp3) is 0.350.